The summed E-state index contributed by atoms with van der Waals surface area (Å²) >= 11 is 0. The van der Waals surface area contributed by atoms with E-state index >= 15 is 0 Å². The first-order valence-corrected chi connectivity index (χ1v) is 8.19. The minimum Gasteiger partial charge on any atom is -0.463 e. The molecule has 7 nitrogen and oxygen atoms in total. The molecule has 0 radical (unpaired) electrons. The van der Waals surface area contributed by atoms with Crippen molar-refractivity contribution in [3.8, 4) is 0 Å². The number of hydrogen-bond acceptors (Lipinski definition) is 7. The normalized spacial score (nSPS) is 21.6. The molecule has 0 N–H and O–H groups in total. The summed E-state index contributed by atoms with van der Waals surface area (Å²) in [5.74, 6) is -2.71. The van der Waals surface area contributed by atoms with Gasteiger partial charge in [-0.05, 0) is 6.92 Å². The topological polar surface area (TPSA) is 88.1 Å². The summed E-state index contributed by atoms with van der Waals surface area (Å²) in [6.07, 6.45) is -0.434. The van der Waals surface area contributed by atoms with Gasteiger partial charge in [-0.25, -0.2) is 4.79 Å². The van der Waals surface area contributed by atoms with Crippen LogP contribution in [0.1, 0.15) is 26.2 Å². The predicted octanol–water partition coefficient (Wildman–Crippen LogP) is 1.60. The Kier molecular flexibility index (Phi) is 4.92. The first-order chi connectivity index (χ1) is 10.6. The summed E-state index contributed by atoms with van der Waals surface area (Å²) < 4.78 is 79.4. The lowest BCUT2D eigenvalue weighted by molar-refractivity contribution is -0.170. The van der Waals surface area contributed by atoms with Crippen LogP contribution >= 0.6 is 0 Å². The van der Waals surface area contributed by atoms with Crippen LogP contribution in [0.4, 0.5) is 13.2 Å². The number of carbonyl (C=O) groups is 1. The summed E-state index contributed by atoms with van der Waals surface area (Å²) in [7, 11) is -5.86. The summed E-state index contributed by atoms with van der Waals surface area (Å²) in [5.41, 5.74) is -5.91. The molecule has 1 saturated heterocycles. The van der Waals surface area contributed by atoms with Crippen molar-refractivity contribution in [2.24, 2.45) is 0 Å². The van der Waals surface area contributed by atoms with Gasteiger partial charge in [0.2, 0.25) is 0 Å². The molecule has 23 heavy (non-hydrogen) atoms. The van der Waals surface area contributed by atoms with Gasteiger partial charge in [0.15, 0.2) is 5.79 Å². The van der Waals surface area contributed by atoms with Crippen LogP contribution in [0.5, 0.6) is 0 Å². The van der Waals surface area contributed by atoms with Gasteiger partial charge in [-0.1, -0.05) is 0 Å². The monoisotopic (exact) mass is 360 g/mol. The second kappa shape index (κ2) is 6.29. The Morgan fingerprint density at radius 3 is 2.43 bits per heavy atom. The fraction of sp³-hybridized carbons (Fsp3) is 0.750. The summed E-state index contributed by atoms with van der Waals surface area (Å²) in [6.45, 7) is 2.02. The molecule has 0 atom stereocenters. The van der Waals surface area contributed by atoms with Gasteiger partial charge in [-0.2, -0.15) is 21.6 Å². The van der Waals surface area contributed by atoms with Gasteiger partial charge in [0, 0.05) is 19.3 Å². The maximum Gasteiger partial charge on any atom is 0.534 e. The third-order valence-electron chi connectivity index (χ3n) is 3.34. The number of allylic oxidation sites excluding steroid dienone is 1. The fourth-order valence-electron chi connectivity index (χ4n) is 2.33. The van der Waals surface area contributed by atoms with E-state index in [0.29, 0.717) is 0 Å². The number of alkyl halides is 3. The van der Waals surface area contributed by atoms with Crippen molar-refractivity contribution in [2.75, 3.05) is 19.8 Å². The van der Waals surface area contributed by atoms with Crippen molar-refractivity contribution < 1.29 is 44.8 Å². The Morgan fingerprint density at radius 1 is 1.30 bits per heavy atom. The number of carbonyl (C=O) groups excluding carboxylic acids is 1. The van der Waals surface area contributed by atoms with Gasteiger partial charge in [0.05, 0.1) is 25.4 Å². The van der Waals surface area contributed by atoms with Gasteiger partial charge < -0.3 is 18.4 Å². The van der Waals surface area contributed by atoms with Crippen molar-refractivity contribution in [3.63, 3.8) is 0 Å². The van der Waals surface area contributed by atoms with Crippen molar-refractivity contribution in [3.05, 3.63) is 11.3 Å². The Labute approximate surface area is 130 Å². The Bertz CT molecular complexity index is 603. The van der Waals surface area contributed by atoms with Gasteiger partial charge in [0.25, 0.3) is 0 Å². The maximum atomic E-state index is 12.5. The molecule has 132 valence electrons. The maximum absolute atomic E-state index is 12.5. The third kappa shape index (κ3) is 3.78. The lowest BCUT2D eigenvalue weighted by Gasteiger charge is -2.32. The Balaban J connectivity index is 2.33. The number of hydrogen-bond donors (Lipinski definition) is 0. The van der Waals surface area contributed by atoms with Crippen molar-refractivity contribution in [1.82, 2.24) is 0 Å². The Hall–Kier alpha value is -1.33. The molecular formula is C12H15F3O7S. The van der Waals surface area contributed by atoms with Crippen molar-refractivity contribution in [1.29, 1.82) is 0 Å². The van der Waals surface area contributed by atoms with E-state index in [-0.39, 0.29) is 44.7 Å². The van der Waals surface area contributed by atoms with Gasteiger partial charge in [0.1, 0.15) is 5.76 Å². The van der Waals surface area contributed by atoms with Crippen LogP contribution in [0.25, 0.3) is 0 Å². The number of esters is 1. The quantitative estimate of drug-likeness (QED) is 0.427. The first-order valence-electron chi connectivity index (χ1n) is 6.78. The molecule has 0 saturated carbocycles. The molecule has 0 aromatic heterocycles. The number of halogens is 3. The van der Waals surface area contributed by atoms with Crippen LogP contribution in [0.15, 0.2) is 11.3 Å². The molecule has 1 fully saturated rings. The van der Waals surface area contributed by atoms with Crippen LogP contribution in [0.2, 0.25) is 0 Å². The second-order valence-electron chi connectivity index (χ2n) is 4.89. The van der Waals surface area contributed by atoms with Crippen LogP contribution in [-0.4, -0.2) is 45.5 Å². The molecule has 11 heteroatoms. The van der Waals surface area contributed by atoms with Crippen LogP contribution in [0.3, 0.4) is 0 Å². The van der Waals surface area contributed by atoms with E-state index < -0.39 is 33.1 Å². The number of ether oxygens (including phenoxy) is 3. The smallest absolute Gasteiger partial charge is 0.463 e. The minimum absolute atomic E-state index is 0.0314. The molecule has 2 aliphatic rings. The van der Waals surface area contributed by atoms with Crippen LogP contribution < -0.4 is 0 Å². The van der Waals surface area contributed by atoms with Crippen molar-refractivity contribution >= 4 is 16.1 Å². The highest BCUT2D eigenvalue weighted by Crippen LogP contribution is 2.41. The van der Waals surface area contributed by atoms with E-state index in [0.717, 1.165) is 0 Å². The zero-order chi connectivity index (χ0) is 17.3. The average Bonchev–Trinajstić information content (AvgIpc) is 2.88. The van der Waals surface area contributed by atoms with Crippen molar-refractivity contribution in [2.45, 2.75) is 37.5 Å². The van der Waals surface area contributed by atoms with Crippen LogP contribution in [0, 0.1) is 0 Å². The molecule has 0 aromatic rings. The molecule has 0 bridgehead atoms. The van der Waals surface area contributed by atoms with E-state index in [1.165, 1.54) is 6.92 Å². The lowest BCUT2D eigenvalue weighted by Crippen LogP contribution is -2.37. The van der Waals surface area contributed by atoms with E-state index in [1.54, 1.807) is 0 Å². The molecule has 1 spiro atoms. The molecule has 0 aromatic carbocycles. The largest absolute Gasteiger partial charge is 0.534 e. The van der Waals surface area contributed by atoms with E-state index in [4.69, 9.17) is 14.2 Å². The van der Waals surface area contributed by atoms with Crippen LogP contribution in [-0.2, 0) is 33.3 Å². The third-order valence-corrected chi connectivity index (χ3v) is 4.33. The van der Waals surface area contributed by atoms with E-state index in [1.807, 2.05) is 0 Å². The number of rotatable bonds is 4. The summed E-state index contributed by atoms with van der Waals surface area (Å²) in [6, 6.07) is 0. The lowest BCUT2D eigenvalue weighted by atomic mass is 9.92. The summed E-state index contributed by atoms with van der Waals surface area (Å²) in [5, 5.41) is 0. The zero-order valence-corrected chi connectivity index (χ0v) is 13.0. The second-order valence-corrected chi connectivity index (χ2v) is 6.43. The highest BCUT2D eigenvalue weighted by atomic mass is 32.2. The molecule has 2 rings (SSSR count). The fourth-order valence-corrected chi connectivity index (χ4v) is 2.87. The first kappa shape index (κ1) is 18.0. The zero-order valence-electron chi connectivity index (χ0n) is 12.1. The standard InChI is InChI=1S/C12H15F3O7S/c1-2-19-10(16)8-7-11(20-5-6-21-11)4-3-9(8)22-23(17,18)12(13,14)15/h2-7H2,1H3. The minimum atomic E-state index is -5.86. The Morgan fingerprint density at radius 2 is 1.91 bits per heavy atom. The van der Waals surface area contributed by atoms with E-state index in [9.17, 15) is 26.4 Å². The van der Waals surface area contributed by atoms with Gasteiger partial charge >= 0.3 is 21.6 Å². The van der Waals surface area contributed by atoms with Gasteiger partial charge in [-0.3, -0.25) is 0 Å². The highest BCUT2D eigenvalue weighted by molar-refractivity contribution is 7.87. The molecular weight excluding hydrogens is 345 g/mol. The molecule has 1 aliphatic heterocycles. The predicted molar refractivity (Wildman–Crippen MR) is 68.2 cm³/mol. The average molecular weight is 360 g/mol. The molecule has 0 unspecified atom stereocenters. The highest BCUT2D eigenvalue weighted by Gasteiger charge is 2.51. The molecule has 0 amide bonds. The SMILES string of the molecule is CCOC(=O)C1=C(OS(=O)(=O)C(F)(F)F)CCC2(C1)OCCO2. The summed E-state index contributed by atoms with van der Waals surface area (Å²) in [4.78, 5) is 11.9. The molecule has 1 aliphatic carbocycles. The van der Waals surface area contributed by atoms with Gasteiger partial charge in [-0.15, -0.1) is 0 Å². The van der Waals surface area contributed by atoms with E-state index in [2.05, 4.69) is 4.18 Å². The molecule has 1 heterocycles.